The van der Waals surface area contributed by atoms with Crippen LogP contribution in [0.25, 0.3) is 0 Å². The number of esters is 1. The Hall–Kier alpha value is -1.31. The standard InChI is InChI=1S/C20H31N3O2.HI/c1-6-21-19(23-12-15(2)17(13-23)18(24)25-5)22-14-20(3,4)16-10-8-7-9-11-16;/h7-11,15,17H,6,12-14H2,1-5H3,(H,21,22);1H. The van der Waals surface area contributed by atoms with Gasteiger partial charge in [0.05, 0.1) is 19.6 Å². The Morgan fingerprint density at radius 1 is 1.31 bits per heavy atom. The van der Waals surface area contributed by atoms with Crippen molar-refractivity contribution in [3.8, 4) is 0 Å². The predicted molar refractivity (Wildman–Crippen MR) is 117 cm³/mol. The molecule has 6 heteroatoms. The lowest BCUT2D eigenvalue weighted by atomic mass is 9.85. The molecular formula is C20H32IN3O2. The van der Waals surface area contributed by atoms with Crippen LogP contribution in [0.4, 0.5) is 0 Å². The van der Waals surface area contributed by atoms with E-state index in [-0.39, 0.29) is 47.2 Å². The van der Waals surface area contributed by atoms with E-state index in [0.717, 1.165) is 19.0 Å². The monoisotopic (exact) mass is 473 g/mol. The molecule has 1 N–H and O–H groups in total. The number of aliphatic imine (C=N–C) groups is 1. The van der Waals surface area contributed by atoms with Gasteiger partial charge in [-0.2, -0.15) is 0 Å². The largest absolute Gasteiger partial charge is 0.469 e. The van der Waals surface area contributed by atoms with Crippen LogP contribution in [-0.2, 0) is 14.9 Å². The molecule has 1 aliphatic rings. The fourth-order valence-electron chi connectivity index (χ4n) is 3.28. The summed E-state index contributed by atoms with van der Waals surface area (Å²) < 4.78 is 4.94. The molecule has 1 heterocycles. The molecule has 26 heavy (non-hydrogen) atoms. The molecule has 1 aromatic carbocycles. The van der Waals surface area contributed by atoms with Crippen molar-refractivity contribution in [2.75, 3.05) is 33.3 Å². The molecule has 0 aromatic heterocycles. The number of nitrogens with zero attached hydrogens (tertiary/aromatic N) is 2. The Labute approximate surface area is 174 Å². The van der Waals surface area contributed by atoms with Crippen molar-refractivity contribution in [1.29, 1.82) is 0 Å². The zero-order valence-electron chi connectivity index (χ0n) is 16.5. The molecule has 1 aromatic rings. The van der Waals surface area contributed by atoms with Gasteiger partial charge in [-0.15, -0.1) is 24.0 Å². The van der Waals surface area contributed by atoms with Crippen molar-refractivity contribution in [3.63, 3.8) is 0 Å². The normalized spacial score (nSPS) is 20.5. The van der Waals surface area contributed by atoms with E-state index in [9.17, 15) is 4.79 Å². The minimum Gasteiger partial charge on any atom is -0.469 e. The molecule has 0 radical (unpaired) electrons. The third-order valence-electron chi connectivity index (χ3n) is 4.93. The number of hydrogen-bond donors (Lipinski definition) is 1. The summed E-state index contributed by atoms with van der Waals surface area (Å²) in [5, 5.41) is 3.37. The van der Waals surface area contributed by atoms with Crippen LogP contribution in [0.15, 0.2) is 35.3 Å². The second kappa shape index (κ2) is 10.1. The summed E-state index contributed by atoms with van der Waals surface area (Å²) in [5.41, 5.74) is 1.23. The number of ether oxygens (including phenoxy) is 1. The second-order valence-electron chi connectivity index (χ2n) is 7.43. The fraction of sp³-hybridized carbons (Fsp3) is 0.600. The lowest BCUT2D eigenvalue weighted by Crippen LogP contribution is -2.41. The van der Waals surface area contributed by atoms with Crippen molar-refractivity contribution < 1.29 is 9.53 Å². The van der Waals surface area contributed by atoms with Crippen molar-refractivity contribution >= 4 is 35.9 Å². The van der Waals surface area contributed by atoms with Crippen LogP contribution in [-0.4, -0.2) is 50.1 Å². The van der Waals surface area contributed by atoms with Gasteiger partial charge in [-0.25, -0.2) is 0 Å². The van der Waals surface area contributed by atoms with E-state index in [1.165, 1.54) is 12.7 Å². The molecule has 1 fully saturated rings. The summed E-state index contributed by atoms with van der Waals surface area (Å²) in [6.07, 6.45) is 0. The molecule has 5 nitrogen and oxygen atoms in total. The van der Waals surface area contributed by atoms with E-state index >= 15 is 0 Å². The van der Waals surface area contributed by atoms with Gasteiger partial charge in [-0.05, 0) is 18.4 Å². The predicted octanol–water partition coefficient (Wildman–Crippen LogP) is 3.29. The fourth-order valence-corrected chi connectivity index (χ4v) is 3.28. The number of benzene rings is 1. The second-order valence-corrected chi connectivity index (χ2v) is 7.43. The Bertz CT molecular complexity index is 604. The maximum Gasteiger partial charge on any atom is 0.310 e. The summed E-state index contributed by atoms with van der Waals surface area (Å²) in [7, 11) is 1.46. The first-order chi connectivity index (χ1) is 11.9. The Morgan fingerprint density at radius 2 is 1.96 bits per heavy atom. The van der Waals surface area contributed by atoms with E-state index in [1.807, 2.05) is 6.07 Å². The molecule has 2 unspecified atom stereocenters. The summed E-state index contributed by atoms with van der Waals surface area (Å²) in [6, 6.07) is 10.5. The molecule has 0 amide bonds. The zero-order valence-corrected chi connectivity index (χ0v) is 18.8. The lowest BCUT2D eigenvalue weighted by Gasteiger charge is -2.26. The highest BCUT2D eigenvalue weighted by Crippen LogP contribution is 2.26. The third-order valence-corrected chi connectivity index (χ3v) is 4.93. The highest BCUT2D eigenvalue weighted by Gasteiger charge is 2.37. The third kappa shape index (κ3) is 5.59. The van der Waals surface area contributed by atoms with Gasteiger partial charge >= 0.3 is 5.97 Å². The molecule has 0 spiro atoms. The van der Waals surface area contributed by atoms with E-state index in [1.54, 1.807) is 0 Å². The van der Waals surface area contributed by atoms with Crippen LogP contribution in [0.5, 0.6) is 0 Å². The van der Waals surface area contributed by atoms with Gasteiger partial charge in [-0.3, -0.25) is 9.79 Å². The number of carbonyl (C=O) groups is 1. The maximum atomic E-state index is 11.9. The van der Waals surface area contributed by atoms with Crippen LogP contribution in [0.1, 0.15) is 33.3 Å². The van der Waals surface area contributed by atoms with Crippen molar-refractivity contribution in [1.82, 2.24) is 10.2 Å². The molecule has 2 rings (SSSR count). The van der Waals surface area contributed by atoms with Crippen LogP contribution in [0, 0.1) is 11.8 Å². The topological polar surface area (TPSA) is 53.9 Å². The van der Waals surface area contributed by atoms with Gasteiger partial charge in [0.25, 0.3) is 0 Å². The van der Waals surface area contributed by atoms with Gasteiger partial charge in [-0.1, -0.05) is 51.1 Å². The molecule has 2 atom stereocenters. The number of rotatable bonds is 5. The first kappa shape index (κ1) is 22.7. The van der Waals surface area contributed by atoms with Crippen LogP contribution < -0.4 is 5.32 Å². The molecule has 0 aliphatic carbocycles. The van der Waals surface area contributed by atoms with E-state index < -0.39 is 0 Å². The molecule has 0 saturated carbocycles. The number of guanidine groups is 1. The van der Waals surface area contributed by atoms with E-state index in [4.69, 9.17) is 9.73 Å². The minimum absolute atomic E-state index is 0. The number of halogens is 1. The first-order valence-electron chi connectivity index (χ1n) is 9.05. The Morgan fingerprint density at radius 3 is 2.54 bits per heavy atom. The van der Waals surface area contributed by atoms with E-state index in [2.05, 4.69) is 62.2 Å². The van der Waals surface area contributed by atoms with Crippen molar-refractivity contribution in [2.45, 2.75) is 33.1 Å². The highest BCUT2D eigenvalue weighted by atomic mass is 127. The molecular weight excluding hydrogens is 441 g/mol. The summed E-state index contributed by atoms with van der Waals surface area (Å²) in [4.78, 5) is 19.0. The molecule has 1 saturated heterocycles. The van der Waals surface area contributed by atoms with Gasteiger partial charge in [0, 0.05) is 25.0 Å². The summed E-state index contributed by atoms with van der Waals surface area (Å²) >= 11 is 0. The Kier molecular flexibility index (Phi) is 8.86. The molecule has 146 valence electrons. The molecule has 1 aliphatic heterocycles. The van der Waals surface area contributed by atoms with Crippen molar-refractivity contribution in [2.24, 2.45) is 16.8 Å². The van der Waals surface area contributed by atoms with Gasteiger partial charge < -0.3 is 15.0 Å². The minimum atomic E-state index is -0.129. The number of carbonyl (C=O) groups excluding carboxylic acids is 1. The van der Waals surface area contributed by atoms with Crippen molar-refractivity contribution in [3.05, 3.63) is 35.9 Å². The Balaban J connectivity index is 0.00000338. The van der Waals surface area contributed by atoms with Crippen LogP contribution in [0.2, 0.25) is 0 Å². The smallest absolute Gasteiger partial charge is 0.310 e. The number of nitrogens with one attached hydrogen (secondary N) is 1. The highest BCUT2D eigenvalue weighted by molar-refractivity contribution is 14.0. The summed E-state index contributed by atoms with van der Waals surface area (Å²) in [6.45, 7) is 11.5. The number of hydrogen-bond acceptors (Lipinski definition) is 3. The number of methoxy groups -OCH3 is 1. The number of likely N-dealkylation sites (tertiary alicyclic amines) is 1. The SMILES string of the molecule is CCNC(=NCC(C)(C)c1ccccc1)N1CC(C)C(C(=O)OC)C1.I. The zero-order chi connectivity index (χ0) is 18.4. The van der Waals surface area contributed by atoms with Crippen LogP contribution in [0.3, 0.4) is 0 Å². The average molecular weight is 473 g/mol. The molecule has 0 bridgehead atoms. The lowest BCUT2D eigenvalue weighted by molar-refractivity contribution is -0.145. The maximum absolute atomic E-state index is 11.9. The van der Waals surface area contributed by atoms with Gasteiger partial charge in [0.15, 0.2) is 5.96 Å². The van der Waals surface area contributed by atoms with E-state index in [0.29, 0.717) is 13.1 Å². The summed E-state index contributed by atoms with van der Waals surface area (Å²) in [5.74, 6) is 0.926. The quantitative estimate of drug-likeness (QED) is 0.309. The average Bonchev–Trinajstić information content (AvgIpc) is 3.00. The van der Waals surface area contributed by atoms with Gasteiger partial charge in [0.1, 0.15) is 0 Å². The van der Waals surface area contributed by atoms with Gasteiger partial charge in [0.2, 0.25) is 0 Å². The first-order valence-corrected chi connectivity index (χ1v) is 9.05. The van der Waals surface area contributed by atoms with Crippen LogP contribution >= 0.6 is 24.0 Å².